The normalized spacial score (nSPS) is 10.2. The van der Waals surface area contributed by atoms with E-state index in [2.05, 4.69) is 5.32 Å². The molecule has 136 valence electrons. The second kappa shape index (κ2) is 8.75. The number of para-hydroxylation sites is 1. The van der Waals surface area contributed by atoms with Crippen LogP contribution in [-0.4, -0.2) is 23.8 Å². The zero-order valence-corrected chi connectivity index (χ0v) is 14.8. The van der Waals surface area contributed by atoms with E-state index in [1.807, 2.05) is 30.3 Å². The predicted octanol–water partition coefficient (Wildman–Crippen LogP) is 3.68. The number of nitrogens with zero attached hydrogens (tertiary/aromatic N) is 2. The number of amides is 2. The number of hydrogen-bond donors (Lipinski definition) is 1. The fourth-order valence-electron chi connectivity index (χ4n) is 2.43. The fourth-order valence-corrected chi connectivity index (χ4v) is 2.43. The Bertz CT molecular complexity index is 806. The highest BCUT2D eigenvalue weighted by molar-refractivity contribution is 5.94. The monoisotopic (exact) mass is 355 g/mol. The molecule has 0 radical (unpaired) electrons. The first-order valence-corrected chi connectivity index (χ1v) is 8.25. The van der Waals surface area contributed by atoms with Crippen molar-refractivity contribution in [3.05, 3.63) is 64.2 Å². The van der Waals surface area contributed by atoms with Gasteiger partial charge in [0.2, 0.25) is 11.8 Å². The van der Waals surface area contributed by atoms with Gasteiger partial charge in [0.1, 0.15) is 0 Å². The van der Waals surface area contributed by atoms with Gasteiger partial charge in [-0.1, -0.05) is 24.3 Å². The van der Waals surface area contributed by atoms with Crippen LogP contribution in [0.2, 0.25) is 0 Å². The molecule has 2 amide bonds. The minimum absolute atomic E-state index is 0.0736. The Hall–Kier alpha value is -3.22. The maximum Gasteiger partial charge on any atom is 0.271 e. The number of benzene rings is 2. The standard InChI is InChI=1S/C19H21N3O4/c1-14-11-12-16(22(25)26)13-17(14)20-18(23)9-6-10-19(24)21(2)15-7-4-3-5-8-15/h3-5,7-8,11-13H,6,9-10H2,1-2H3,(H,20,23). The summed E-state index contributed by atoms with van der Waals surface area (Å²) >= 11 is 0. The smallest absolute Gasteiger partial charge is 0.271 e. The molecule has 7 heteroatoms. The molecule has 0 saturated heterocycles. The van der Waals surface area contributed by atoms with E-state index in [1.165, 1.54) is 12.1 Å². The molecule has 2 aromatic carbocycles. The van der Waals surface area contributed by atoms with Crippen LogP contribution in [0.3, 0.4) is 0 Å². The first-order valence-electron chi connectivity index (χ1n) is 8.25. The lowest BCUT2D eigenvalue weighted by atomic mass is 10.1. The van der Waals surface area contributed by atoms with Gasteiger partial charge in [0, 0.05) is 37.7 Å². The van der Waals surface area contributed by atoms with Gasteiger partial charge in [0.15, 0.2) is 0 Å². The average Bonchev–Trinajstić information content (AvgIpc) is 2.63. The highest BCUT2D eigenvalue weighted by atomic mass is 16.6. The minimum Gasteiger partial charge on any atom is -0.326 e. The molecule has 2 aromatic rings. The summed E-state index contributed by atoms with van der Waals surface area (Å²) in [5, 5.41) is 13.5. The van der Waals surface area contributed by atoms with Crippen molar-refractivity contribution in [2.75, 3.05) is 17.3 Å². The Morgan fingerprint density at radius 1 is 1.12 bits per heavy atom. The Morgan fingerprint density at radius 3 is 2.46 bits per heavy atom. The number of carbonyl (C=O) groups is 2. The van der Waals surface area contributed by atoms with Crippen LogP contribution in [0.1, 0.15) is 24.8 Å². The van der Waals surface area contributed by atoms with Crippen molar-refractivity contribution in [1.29, 1.82) is 0 Å². The summed E-state index contributed by atoms with van der Waals surface area (Å²) in [7, 11) is 1.70. The van der Waals surface area contributed by atoms with Crippen LogP contribution in [-0.2, 0) is 9.59 Å². The third-order valence-corrected chi connectivity index (χ3v) is 4.02. The molecule has 0 atom stereocenters. The van der Waals surface area contributed by atoms with Gasteiger partial charge in [0.25, 0.3) is 5.69 Å². The van der Waals surface area contributed by atoms with Crippen molar-refractivity contribution in [1.82, 2.24) is 0 Å². The Kier molecular flexibility index (Phi) is 6.43. The molecule has 0 heterocycles. The number of aryl methyl sites for hydroxylation is 1. The van der Waals surface area contributed by atoms with E-state index in [-0.39, 0.29) is 30.3 Å². The summed E-state index contributed by atoms with van der Waals surface area (Å²) < 4.78 is 0. The Labute approximate surface area is 151 Å². The van der Waals surface area contributed by atoms with Crippen molar-refractivity contribution in [2.24, 2.45) is 0 Å². The molecule has 0 aliphatic heterocycles. The molecule has 2 rings (SSSR count). The van der Waals surface area contributed by atoms with Gasteiger partial charge < -0.3 is 10.2 Å². The van der Waals surface area contributed by atoms with Crippen LogP contribution in [0, 0.1) is 17.0 Å². The highest BCUT2D eigenvalue weighted by Crippen LogP contribution is 2.22. The summed E-state index contributed by atoms with van der Waals surface area (Å²) in [6.45, 7) is 1.76. The van der Waals surface area contributed by atoms with E-state index in [9.17, 15) is 19.7 Å². The summed E-state index contributed by atoms with van der Waals surface area (Å²) in [5.41, 5.74) is 1.88. The maximum absolute atomic E-state index is 12.2. The van der Waals surface area contributed by atoms with E-state index in [0.717, 1.165) is 11.3 Å². The number of nitrogens with one attached hydrogen (secondary N) is 1. The molecular weight excluding hydrogens is 334 g/mol. The van der Waals surface area contributed by atoms with Crippen LogP contribution >= 0.6 is 0 Å². The van der Waals surface area contributed by atoms with Crippen LogP contribution < -0.4 is 10.2 Å². The number of rotatable bonds is 7. The lowest BCUT2D eigenvalue weighted by Crippen LogP contribution is -2.26. The van der Waals surface area contributed by atoms with Crippen molar-refractivity contribution in [2.45, 2.75) is 26.2 Å². The Morgan fingerprint density at radius 2 is 1.81 bits per heavy atom. The molecular formula is C19H21N3O4. The number of hydrogen-bond acceptors (Lipinski definition) is 4. The second-order valence-corrected chi connectivity index (χ2v) is 5.95. The quantitative estimate of drug-likeness (QED) is 0.606. The molecule has 0 aliphatic rings. The predicted molar refractivity (Wildman–Crippen MR) is 100 cm³/mol. The maximum atomic E-state index is 12.2. The van der Waals surface area contributed by atoms with Gasteiger partial charge in [-0.15, -0.1) is 0 Å². The van der Waals surface area contributed by atoms with Gasteiger partial charge in [-0.05, 0) is 31.0 Å². The zero-order valence-electron chi connectivity index (χ0n) is 14.8. The molecule has 0 fully saturated rings. The van der Waals surface area contributed by atoms with Crippen molar-refractivity contribution in [3.8, 4) is 0 Å². The molecule has 0 saturated carbocycles. The number of anilines is 2. The van der Waals surface area contributed by atoms with Gasteiger partial charge in [0.05, 0.1) is 10.6 Å². The van der Waals surface area contributed by atoms with E-state index in [1.54, 1.807) is 24.9 Å². The summed E-state index contributed by atoms with van der Waals surface area (Å²) in [4.78, 5) is 36.1. The summed E-state index contributed by atoms with van der Waals surface area (Å²) in [5.74, 6) is -0.348. The molecule has 1 N–H and O–H groups in total. The Balaban J connectivity index is 1.85. The van der Waals surface area contributed by atoms with E-state index in [0.29, 0.717) is 12.1 Å². The number of nitro benzene ring substituents is 1. The van der Waals surface area contributed by atoms with Gasteiger partial charge >= 0.3 is 0 Å². The summed E-state index contributed by atoms with van der Waals surface area (Å²) in [6.07, 6.45) is 0.805. The van der Waals surface area contributed by atoms with E-state index >= 15 is 0 Å². The molecule has 0 bridgehead atoms. The van der Waals surface area contributed by atoms with Crippen molar-refractivity contribution < 1.29 is 14.5 Å². The molecule has 0 spiro atoms. The third-order valence-electron chi connectivity index (χ3n) is 4.02. The SMILES string of the molecule is Cc1ccc([N+](=O)[O-])cc1NC(=O)CCCC(=O)N(C)c1ccccc1. The number of carbonyl (C=O) groups excluding carboxylic acids is 2. The fraction of sp³-hybridized carbons (Fsp3) is 0.263. The van der Waals surface area contributed by atoms with Crippen molar-refractivity contribution >= 4 is 28.9 Å². The molecule has 0 aromatic heterocycles. The third kappa shape index (κ3) is 5.14. The van der Waals surface area contributed by atoms with Crippen LogP contribution in [0.4, 0.5) is 17.1 Å². The van der Waals surface area contributed by atoms with E-state index in [4.69, 9.17) is 0 Å². The lowest BCUT2D eigenvalue weighted by molar-refractivity contribution is -0.384. The zero-order chi connectivity index (χ0) is 19.1. The molecule has 7 nitrogen and oxygen atoms in total. The second-order valence-electron chi connectivity index (χ2n) is 5.95. The summed E-state index contributed by atoms with van der Waals surface area (Å²) in [6, 6.07) is 13.6. The van der Waals surface area contributed by atoms with Crippen LogP contribution in [0.15, 0.2) is 48.5 Å². The molecule has 0 unspecified atom stereocenters. The van der Waals surface area contributed by atoms with Crippen LogP contribution in [0.25, 0.3) is 0 Å². The minimum atomic E-state index is -0.507. The topological polar surface area (TPSA) is 92.5 Å². The van der Waals surface area contributed by atoms with Crippen LogP contribution in [0.5, 0.6) is 0 Å². The molecule has 26 heavy (non-hydrogen) atoms. The number of nitro groups is 1. The van der Waals surface area contributed by atoms with Gasteiger partial charge in [-0.2, -0.15) is 0 Å². The first-order chi connectivity index (χ1) is 12.4. The number of non-ortho nitro benzene ring substituents is 1. The van der Waals surface area contributed by atoms with Gasteiger partial charge in [-0.25, -0.2) is 0 Å². The average molecular weight is 355 g/mol. The highest BCUT2D eigenvalue weighted by Gasteiger charge is 2.13. The largest absolute Gasteiger partial charge is 0.326 e. The van der Waals surface area contributed by atoms with Gasteiger partial charge in [-0.3, -0.25) is 19.7 Å². The lowest BCUT2D eigenvalue weighted by Gasteiger charge is -2.17. The molecule has 0 aliphatic carbocycles. The van der Waals surface area contributed by atoms with Crippen molar-refractivity contribution in [3.63, 3.8) is 0 Å². The van der Waals surface area contributed by atoms with E-state index < -0.39 is 4.92 Å². The first kappa shape index (κ1) is 19.1.